The number of hydrogen-bond acceptors (Lipinski definition) is 3. The van der Waals surface area contributed by atoms with E-state index in [9.17, 15) is 4.79 Å². The lowest BCUT2D eigenvalue weighted by molar-refractivity contribution is -0.124. The lowest BCUT2D eigenvalue weighted by Gasteiger charge is -2.12. The van der Waals surface area contributed by atoms with Crippen molar-refractivity contribution >= 4 is 30.7 Å². The van der Waals surface area contributed by atoms with Crippen LogP contribution in [-0.2, 0) is 4.79 Å². The fourth-order valence-corrected chi connectivity index (χ4v) is 2.01. The molecule has 2 atom stereocenters. The molecule has 1 saturated carbocycles. The summed E-state index contributed by atoms with van der Waals surface area (Å²) in [6, 6.07) is 0.238. The van der Waals surface area contributed by atoms with E-state index in [4.69, 9.17) is 5.73 Å². The van der Waals surface area contributed by atoms with Crippen molar-refractivity contribution in [2.45, 2.75) is 31.7 Å². The van der Waals surface area contributed by atoms with Crippen LogP contribution >= 0.6 is 24.8 Å². The van der Waals surface area contributed by atoms with Crippen molar-refractivity contribution in [1.82, 2.24) is 10.2 Å². The van der Waals surface area contributed by atoms with Gasteiger partial charge in [0.2, 0.25) is 5.91 Å². The van der Waals surface area contributed by atoms with Gasteiger partial charge in [0.05, 0.1) is 0 Å². The Morgan fingerprint density at radius 1 is 1.35 bits per heavy atom. The SMILES string of the molecule is CN(C)CCCNC(=O)C1CCC(N)C1.Cl.Cl. The number of halogens is 2. The van der Waals surface area contributed by atoms with E-state index < -0.39 is 0 Å². The maximum Gasteiger partial charge on any atom is 0.223 e. The summed E-state index contributed by atoms with van der Waals surface area (Å²) in [5.41, 5.74) is 5.77. The zero-order chi connectivity index (χ0) is 11.3. The Morgan fingerprint density at radius 3 is 2.47 bits per heavy atom. The molecule has 4 nitrogen and oxygen atoms in total. The third-order valence-electron chi connectivity index (χ3n) is 2.93. The second-order valence-corrected chi connectivity index (χ2v) is 4.72. The highest BCUT2D eigenvalue weighted by atomic mass is 35.5. The van der Waals surface area contributed by atoms with Gasteiger partial charge >= 0.3 is 0 Å². The Hall–Kier alpha value is -0.0300. The van der Waals surface area contributed by atoms with Crippen LogP contribution in [0.4, 0.5) is 0 Å². The summed E-state index contributed by atoms with van der Waals surface area (Å²) in [7, 11) is 4.08. The minimum Gasteiger partial charge on any atom is -0.356 e. The van der Waals surface area contributed by atoms with Gasteiger partial charge in [-0.2, -0.15) is 0 Å². The van der Waals surface area contributed by atoms with Crippen LogP contribution < -0.4 is 11.1 Å². The van der Waals surface area contributed by atoms with Crippen LogP contribution in [0.15, 0.2) is 0 Å². The number of nitrogens with two attached hydrogens (primary N) is 1. The van der Waals surface area contributed by atoms with Gasteiger partial charge in [-0.05, 0) is 46.3 Å². The fraction of sp³-hybridized carbons (Fsp3) is 0.909. The molecule has 3 N–H and O–H groups in total. The van der Waals surface area contributed by atoms with Gasteiger partial charge in [0.25, 0.3) is 0 Å². The standard InChI is InChI=1S/C11H23N3O.2ClH/c1-14(2)7-3-6-13-11(15)9-4-5-10(12)8-9;;/h9-10H,3-8,12H2,1-2H3,(H,13,15);2*1H. The molecule has 0 aromatic carbocycles. The first-order valence-electron chi connectivity index (χ1n) is 5.77. The van der Waals surface area contributed by atoms with Crippen LogP contribution in [0.25, 0.3) is 0 Å². The minimum atomic E-state index is 0. The summed E-state index contributed by atoms with van der Waals surface area (Å²) >= 11 is 0. The largest absolute Gasteiger partial charge is 0.356 e. The van der Waals surface area contributed by atoms with E-state index in [1.54, 1.807) is 0 Å². The maximum absolute atomic E-state index is 11.7. The van der Waals surface area contributed by atoms with Crippen molar-refractivity contribution in [3.8, 4) is 0 Å². The Bertz CT molecular complexity index is 215. The number of carbonyl (C=O) groups excluding carboxylic acids is 1. The Morgan fingerprint density at radius 2 is 2.00 bits per heavy atom. The van der Waals surface area contributed by atoms with Gasteiger partial charge < -0.3 is 16.0 Å². The third kappa shape index (κ3) is 7.82. The number of carbonyl (C=O) groups is 1. The molecular weight excluding hydrogens is 261 g/mol. The molecule has 0 aliphatic heterocycles. The van der Waals surface area contributed by atoms with Crippen molar-refractivity contribution in [2.75, 3.05) is 27.2 Å². The number of rotatable bonds is 5. The van der Waals surface area contributed by atoms with Crippen molar-refractivity contribution in [3.63, 3.8) is 0 Å². The average Bonchev–Trinajstić information content (AvgIpc) is 2.59. The Balaban J connectivity index is 0. The van der Waals surface area contributed by atoms with E-state index in [1.807, 2.05) is 14.1 Å². The normalized spacial score (nSPS) is 22.8. The van der Waals surface area contributed by atoms with Crippen LogP contribution in [-0.4, -0.2) is 44.0 Å². The van der Waals surface area contributed by atoms with Gasteiger partial charge in [0.1, 0.15) is 0 Å². The van der Waals surface area contributed by atoms with Gasteiger partial charge in [0.15, 0.2) is 0 Å². The van der Waals surface area contributed by atoms with Crippen LogP contribution in [0.5, 0.6) is 0 Å². The molecule has 0 aromatic rings. The molecule has 0 spiro atoms. The quantitative estimate of drug-likeness (QED) is 0.742. The molecule has 0 saturated heterocycles. The van der Waals surface area contributed by atoms with Crippen molar-refractivity contribution < 1.29 is 4.79 Å². The molecule has 2 unspecified atom stereocenters. The van der Waals surface area contributed by atoms with Crippen LogP contribution in [0.1, 0.15) is 25.7 Å². The van der Waals surface area contributed by atoms with Gasteiger partial charge in [-0.1, -0.05) is 0 Å². The Labute approximate surface area is 117 Å². The summed E-state index contributed by atoms with van der Waals surface area (Å²) in [5.74, 6) is 0.362. The second-order valence-electron chi connectivity index (χ2n) is 4.72. The van der Waals surface area contributed by atoms with E-state index >= 15 is 0 Å². The van der Waals surface area contributed by atoms with Crippen LogP contribution in [0.2, 0.25) is 0 Å². The summed E-state index contributed by atoms with van der Waals surface area (Å²) in [4.78, 5) is 13.8. The van der Waals surface area contributed by atoms with Gasteiger partial charge in [-0.25, -0.2) is 0 Å². The lowest BCUT2D eigenvalue weighted by Crippen LogP contribution is -2.32. The zero-order valence-corrected chi connectivity index (χ0v) is 12.3. The molecule has 1 aliphatic carbocycles. The van der Waals surface area contributed by atoms with E-state index in [-0.39, 0.29) is 42.7 Å². The first kappa shape index (κ1) is 19.3. The average molecular weight is 286 g/mol. The summed E-state index contributed by atoms with van der Waals surface area (Å²) in [6.45, 7) is 1.80. The molecule has 1 aliphatic rings. The third-order valence-corrected chi connectivity index (χ3v) is 2.93. The highest BCUT2D eigenvalue weighted by Gasteiger charge is 2.27. The number of nitrogens with one attached hydrogen (secondary N) is 1. The first-order valence-corrected chi connectivity index (χ1v) is 5.77. The number of amides is 1. The lowest BCUT2D eigenvalue weighted by atomic mass is 10.1. The van der Waals surface area contributed by atoms with Crippen molar-refractivity contribution in [3.05, 3.63) is 0 Å². The molecule has 1 amide bonds. The molecule has 0 bridgehead atoms. The van der Waals surface area contributed by atoms with E-state index in [2.05, 4.69) is 10.2 Å². The highest BCUT2D eigenvalue weighted by molar-refractivity contribution is 5.85. The molecule has 17 heavy (non-hydrogen) atoms. The minimum absolute atomic E-state index is 0. The van der Waals surface area contributed by atoms with E-state index in [0.29, 0.717) is 0 Å². The molecule has 1 fully saturated rings. The van der Waals surface area contributed by atoms with Gasteiger partial charge in [-0.3, -0.25) is 4.79 Å². The summed E-state index contributed by atoms with van der Waals surface area (Å²) in [5, 5.41) is 2.98. The van der Waals surface area contributed by atoms with Gasteiger partial charge in [0, 0.05) is 18.5 Å². The smallest absolute Gasteiger partial charge is 0.223 e. The molecule has 0 radical (unpaired) electrons. The zero-order valence-electron chi connectivity index (χ0n) is 10.6. The Kier molecular flexibility index (Phi) is 11.3. The van der Waals surface area contributed by atoms with E-state index in [0.717, 1.165) is 38.8 Å². The fourth-order valence-electron chi connectivity index (χ4n) is 2.01. The number of hydrogen-bond donors (Lipinski definition) is 2. The van der Waals surface area contributed by atoms with Crippen LogP contribution in [0, 0.1) is 5.92 Å². The van der Waals surface area contributed by atoms with Gasteiger partial charge in [-0.15, -0.1) is 24.8 Å². The maximum atomic E-state index is 11.7. The van der Waals surface area contributed by atoms with Crippen molar-refractivity contribution in [2.24, 2.45) is 11.7 Å². The molecule has 0 heterocycles. The summed E-state index contributed by atoms with van der Waals surface area (Å²) < 4.78 is 0. The molecule has 104 valence electrons. The predicted octanol–water partition coefficient (Wildman–Crippen LogP) is 1.03. The molecular formula is C11H25Cl2N3O. The monoisotopic (exact) mass is 285 g/mol. The predicted molar refractivity (Wildman–Crippen MR) is 76.0 cm³/mol. The molecule has 1 rings (SSSR count). The second kappa shape index (κ2) is 9.95. The molecule has 0 aromatic heterocycles. The summed E-state index contributed by atoms with van der Waals surface area (Å²) in [6.07, 6.45) is 3.83. The van der Waals surface area contributed by atoms with Crippen LogP contribution in [0.3, 0.4) is 0 Å². The van der Waals surface area contributed by atoms with E-state index in [1.165, 1.54) is 0 Å². The van der Waals surface area contributed by atoms with Crippen molar-refractivity contribution in [1.29, 1.82) is 0 Å². The highest BCUT2D eigenvalue weighted by Crippen LogP contribution is 2.23. The first-order chi connectivity index (χ1) is 7.09. The number of nitrogens with zero attached hydrogens (tertiary/aromatic N) is 1. The topological polar surface area (TPSA) is 58.4 Å². The molecule has 6 heteroatoms.